The molecule has 0 fully saturated rings. The van der Waals surface area contributed by atoms with Crippen LogP contribution in [-0.4, -0.2) is 17.1 Å². The van der Waals surface area contributed by atoms with Crippen molar-refractivity contribution in [2.75, 3.05) is 0 Å². The molecule has 1 aromatic rings. The molecule has 0 aromatic heterocycles. The fourth-order valence-corrected chi connectivity index (χ4v) is 1.42. The average Bonchev–Trinajstić information content (AvgIpc) is 2.16. The Morgan fingerprint density at radius 1 is 1.38 bits per heavy atom. The third-order valence-corrected chi connectivity index (χ3v) is 2.22. The maximum atomic E-state index is 10.7. The molecule has 0 heterocycles. The maximum Gasteiger partial charge on any atom is 0.312 e. The quantitative estimate of drug-likeness (QED) is 0.747. The van der Waals surface area contributed by atoms with Gasteiger partial charge in [0.05, 0.1) is 12.5 Å². The monoisotopic (exact) mass is 242 g/mol. The van der Waals surface area contributed by atoms with E-state index < -0.39 is 18.0 Å². The van der Waals surface area contributed by atoms with Gasteiger partial charge in [-0.25, -0.2) is 4.79 Å². The molecule has 0 saturated heterocycles. The smallest absolute Gasteiger partial charge is 0.312 e. The topological polar surface area (TPSA) is 92.4 Å². The van der Waals surface area contributed by atoms with Crippen LogP contribution in [0.2, 0.25) is 5.02 Å². The number of benzene rings is 1. The number of nitrogens with two attached hydrogens (primary N) is 1. The molecular weight excluding hydrogens is 232 g/mol. The number of carbonyl (C=O) groups is 2. The summed E-state index contributed by atoms with van der Waals surface area (Å²) in [6, 6.07) is 5.12. The van der Waals surface area contributed by atoms with Crippen LogP contribution in [0.4, 0.5) is 4.79 Å². The first-order chi connectivity index (χ1) is 7.49. The first-order valence-corrected chi connectivity index (χ1v) is 4.90. The van der Waals surface area contributed by atoms with Crippen LogP contribution in [0, 0.1) is 0 Å². The molecule has 0 spiro atoms. The summed E-state index contributed by atoms with van der Waals surface area (Å²) >= 11 is 5.70. The fraction of sp³-hybridized carbons (Fsp3) is 0.200. The van der Waals surface area contributed by atoms with E-state index in [9.17, 15) is 9.59 Å². The highest BCUT2D eigenvalue weighted by Crippen LogP contribution is 2.19. The van der Waals surface area contributed by atoms with Crippen molar-refractivity contribution in [3.63, 3.8) is 0 Å². The molecule has 86 valence electrons. The molecule has 6 heteroatoms. The van der Waals surface area contributed by atoms with Crippen LogP contribution in [0.15, 0.2) is 24.3 Å². The number of nitrogens with one attached hydrogen (secondary N) is 1. The molecule has 2 amide bonds. The number of aliphatic carboxylic acids is 1. The molecule has 1 atom stereocenters. The first-order valence-electron chi connectivity index (χ1n) is 4.52. The number of hydrogen-bond donors (Lipinski definition) is 3. The van der Waals surface area contributed by atoms with E-state index in [0.29, 0.717) is 10.6 Å². The van der Waals surface area contributed by atoms with E-state index in [2.05, 4.69) is 5.32 Å². The Balaban J connectivity index is 2.86. The Labute approximate surface area is 97.2 Å². The number of hydrogen-bond acceptors (Lipinski definition) is 2. The van der Waals surface area contributed by atoms with Gasteiger partial charge in [-0.15, -0.1) is 0 Å². The van der Waals surface area contributed by atoms with Crippen LogP contribution in [0.3, 0.4) is 0 Å². The zero-order valence-electron chi connectivity index (χ0n) is 8.31. The highest BCUT2D eigenvalue weighted by molar-refractivity contribution is 6.30. The number of rotatable bonds is 4. The third kappa shape index (κ3) is 3.78. The Morgan fingerprint density at radius 3 is 2.38 bits per heavy atom. The fourth-order valence-electron chi connectivity index (χ4n) is 1.29. The predicted molar refractivity (Wildman–Crippen MR) is 59.2 cm³/mol. The van der Waals surface area contributed by atoms with Crippen molar-refractivity contribution in [3.05, 3.63) is 34.9 Å². The van der Waals surface area contributed by atoms with Crippen LogP contribution in [0.1, 0.15) is 18.0 Å². The number of carboxylic acid groups (broad SMARTS) is 1. The van der Waals surface area contributed by atoms with Crippen molar-refractivity contribution in [1.82, 2.24) is 5.32 Å². The number of primary amides is 1. The van der Waals surface area contributed by atoms with Crippen LogP contribution < -0.4 is 11.1 Å². The van der Waals surface area contributed by atoms with Gasteiger partial charge in [-0.2, -0.15) is 0 Å². The van der Waals surface area contributed by atoms with Gasteiger partial charge < -0.3 is 16.2 Å². The minimum absolute atomic E-state index is 0.232. The van der Waals surface area contributed by atoms with Crippen molar-refractivity contribution in [1.29, 1.82) is 0 Å². The van der Waals surface area contributed by atoms with Crippen molar-refractivity contribution >= 4 is 23.6 Å². The van der Waals surface area contributed by atoms with Crippen LogP contribution in [-0.2, 0) is 4.79 Å². The molecule has 5 nitrogen and oxygen atoms in total. The molecule has 1 aromatic carbocycles. The van der Waals surface area contributed by atoms with E-state index in [1.807, 2.05) is 0 Å². The minimum Gasteiger partial charge on any atom is -0.481 e. The Kier molecular flexibility index (Phi) is 4.13. The second-order valence-corrected chi connectivity index (χ2v) is 3.65. The minimum atomic E-state index is -1.02. The zero-order chi connectivity index (χ0) is 12.1. The van der Waals surface area contributed by atoms with Gasteiger partial charge >= 0.3 is 12.0 Å². The van der Waals surface area contributed by atoms with E-state index in [-0.39, 0.29) is 6.42 Å². The summed E-state index contributed by atoms with van der Waals surface area (Å²) < 4.78 is 0. The third-order valence-electron chi connectivity index (χ3n) is 1.97. The second-order valence-electron chi connectivity index (χ2n) is 3.21. The van der Waals surface area contributed by atoms with Gasteiger partial charge in [0.2, 0.25) is 0 Å². The van der Waals surface area contributed by atoms with Crippen molar-refractivity contribution in [3.8, 4) is 0 Å². The van der Waals surface area contributed by atoms with Gasteiger partial charge in [0, 0.05) is 5.02 Å². The normalized spacial score (nSPS) is 11.8. The Bertz CT molecular complexity index is 376. The molecule has 0 saturated carbocycles. The Morgan fingerprint density at radius 2 is 1.94 bits per heavy atom. The van der Waals surface area contributed by atoms with Crippen molar-refractivity contribution in [2.24, 2.45) is 5.73 Å². The SMILES string of the molecule is NC(=O)N[C@@H](CC(=O)O)c1ccc(Cl)cc1. The lowest BCUT2D eigenvalue weighted by Gasteiger charge is -2.15. The van der Waals surface area contributed by atoms with Gasteiger partial charge in [-0.1, -0.05) is 23.7 Å². The lowest BCUT2D eigenvalue weighted by molar-refractivity contribution is -0.137. The lowest BCUT2D eigenvalue weighted by atomic mass is 10.0. The largest absolute Gasteiger partial charge is 0.481 e. The Hall–Kier alpha value is -1.75. The summed E-state index contributed by atoms with van der Waals surface area (Å²) in [6.45, 7) is 0. The summed E-state index contributed by atoms with van der Waals surface area (Å²) in [7, 11) is 0. The molecule has 0 aliphatic carbocycles. The number of urea groups is 1. The summed E-state index contributed by atoms with van der Waals surface area (Å²) in [6.07, 6.45) is -0.232. The summed E-state index contributed by atoms with van der Waals surface area (Å²) in [5.41, 5.74) is 5.61. The highest BCUT2D eigenvalue weighted by Gasteiger charge is 2.16. The van der Waals surface area contributed by atoms with Crippen molar-refractivity contribution in [2.45, 2.75) is 12.5 Å². The standard InChI is InChI=1S/C10H11ClN2O3/c11-7-3-1-6(2-4-7)8(5-9(14)15)13-10(12)16/h1-4,8H,5H2,(H,14,15)(H3,12,13,16)/t8-/m0/s1. The van der Waals surface area contributed by atoms with E-state index in [1.54, 1.807) is 24.3 Å². The highest BCUT2D eigenvalue weighted by atomic mass is 35.5. The van der Waals surface area contributed by atoms with Gasteiger partial charge in [-0.05, 0) is 17.7 Å². The van der Waals surface area contributed by atoms with Crippen LogP contribution in [0.25, 0.3) is 0 Å². The lowest BCUT2D eigenvalue weighted by Crippen LogP contribution is -2.34. The molecular formula is C10H11ClN2O3. The number of halogens is 1. The van der Waals surface area contributed by atoms with Crippen LogP contribution >= 0.6 is 11.6 Å². The molecule has 1 rings (SSSR count). The average molecular weight is 243 g/mol. The molecule has 0 unspecified atom stereocenters. The summed E-state index contributed by atoms with van der Waals surface area (Å²) in [4.78, 5) is 21.3. The van der Waals surface area contributed by atoms with E-state index in [0.717, 1.165) is 0 Å². The molecule has 4 N–H and O–H groups in total. The van der Waals surface area contributed by atoms with Gasteiger partial charge in [0.25, 0.3) is 0 Å². The van der Waals surface area contributed by atoms with E-state index in [4.69, 9.17) is 22.4 Å². The predicted octanol–water partition coefficient (Wildman–Crippen LogP) is 1.52. The summed E-state index contributed by atoms with van der Waals surface area (Å²) in [5.74, 6) is -1.02. The van der Waals surface area contributed by atoms with Gasteiger partial charge in [0.1, 0.15) is 0 Å². The first kappa shape index (κ1) is 12.3. The van der Waals surface area contributed by atoms with E-state index >= 15 is 0 Å². The molecule has 0 aliphatic rings. The molecule has 0 aliphatic heterocycles. The zero-order valence-corrected chi connectivity index (χ0v) is 9.07. The van der Waals surface area contributed by atoms with Crippen molar-refractivity contribution < 1.29 is 14.7 Å². The molecule has 0 radical (unpaired) electrons. The maximum absolute atomic E-state index is 10.7. The van der Waals surface area contributed by atoms with Gasteiger partial charge in [-0.3, -0.25) is 4.79 Å². The van der Waals surface area contributed by atoms with E-state index in [1.165, 1.54) is 0 Å². The van der Waals surface area contributed by atoms with Gasteiger partial charge in [0.15, 0.2) is 0 Å². The molecule has 0 bridgehead atoms. The number of carboxylic acids is 1. The second kappa shape index (κ2) is 5.37. The summed E-state index contributed by atoms with van der Waals surface area (Å²) in [5, 5.41) is 11.6. The molecule has 16 heavy (non-hydrogen) atoms. The van der Waals surface area contributed by atoms with Crippen LogP contribution in [0.5, 0.6) is 0 Å². The number of amides is 2. The number of carbonyl (C=O) groups excluding carboxylic acids is 1.